The van der Waals surface area contributed by atoms with Crippen molar-refractivity contribution < 1.29 is 9.53 Å². The van der Waals surface area contributed by atoms with Gasteiger partial charge in [-0.05, 0) is 68.8 Å². The Labute approximate surface area is 234 Å². The molecule has 1 fully saturated rings. The van der Waals surface area contributed by atoms with Crippen molar-refractivity contribution in [1.29, 1.82) is 0 Å². The number of hydrogen-bond donors (Lipinski definition) is 0. The highest BCUT2D eigenvalue weighted by Gasteiger charge is 2.52. The minimum absolute atomic E-state index is 0.0106. The standard InChI is InChI=1S/C32H44ClN3O2/c1-5-6-20-32(31(37)38-4)29(36(23-34-32)22-25-12-8-7-9-13-25)21-24-16-18-26(19-17-24)30(35(2)3)27-14-10-11-15-28(27)33/h7-15,23-24,26,29-30H,5-6,16-22H2,1-4H3. The molecule has 38 heavy (non-hydrogen) atoms. The molecule has 2 aromatic rings. The molecular weight excluding hydrogens is 494 g/mol. The zero-order valence-electron chi connectivity index (χ0n) is 23.5. The molecule has 0 amide bonds. The molecule has 1 heterocycles. The summed E-state index contributed by atoms with van der Waals surface area (Å²) in [5, 5.41) is 0.853. The van der Waals surface area contributed by atoms with Crippen LogP contribution in [0.15, 0.2) is 59.6 Å². The number of nitrogens with zero attached hydrogens (tertiary/aromatic N) is 3. The van der Waals surface area contributed by atoms with Crippen molar-refractivity contribution in [3.8, 4) is 0 Å². The summed E-state index contributed by atoms with van der Waals surface area (Å²) in [7, 11) is 5.83. The van der Waals surface area contributed by atoms with Crippen LogP contribution in [0.2, 0.25) is 5.02 Å². The van der Waals surface area contributed by atoms with E-state index < -0.39 is 5.54 Å². The number of carbonyl (C=O) groups excluding carboxylic acids is 1. The predicted octanol–water partition coefficient (Wildman–Crippen LogP) is 7.15. The van der Waals surface area contributed by atoms with Gasteiger partial charge in [0, 0.05) is 17.6 Å². The molecule has 206 valence electrons. The summed E-state index contributed by atoms with van der Waals surface area (Å²) in [6.45, 7) is 2.92. The van der Waals surface area contributed by atoms with E-state index in [1.165, 1.54) is 18.2 Å². The molecule has 5 nitrogen and oxygen atoms in total. The number of halogens is 1. The third kappa shape index (κ3) is 6.26. The van der Waals surface area contributed by atoms with Gasteiger partial charge in [-0.1, -0.05) is 92.7 Å². The lowest BCUT2D eigenvalue weighted by Gasteiger charge is -2.41. The highest BCUT2D eigenvalue weighted by Crippen LogP contribution is 2.45. The Morgan fingerprint density at radius 1 is 1.11 bits per heavy atom. The van der Waals surface area contributed by atoms with Crippen LogP contribution in [-0.4, -0.2) is 54.9 Å². The molecule has 1 aliphatic heterocycles. The van der Waals surface area contributed by atoms with Gasteiger partial charge in [-0.2, -0.15) is 0 Å². The second-order valence-electron chi connectivity index (χ2n) is 11.4. The van der Waals surface area contributed by atoms with E-state index in [0.717, 1.165) is 62.9 Å². The van der Waals surface area contributed by atoms with Crippen LogP contribution >= 0.6 is 11.6 Å². The Balaban J connectivity index is 1.51. The largest absolute Gasteiger partial charge is 0.467 e. The Bertz CT molecular complexity index is 1070. The number of benzene rings is 2. The Morgan fingerprint density at radius 2 is 1.79 bits per heavy atom. The van der Waals surface area contributed by atoms with Crippen LogP contribution in [0.1, 0.15) is 75.5 Å². The molecule has 3 unspecified atom stereocenters. The average Bonchev–Trinajstić information content (AvgIpc) is 3.27. The maximum absolute atomic E-state index is 13.3. The van der Waals surface area contributed by atoms with Gasteiger partial charge in [0.2, 0.25) is 0 Å². The van der Waals surface area contributed by atoms with E-state index in [4.69, 9.17) is 21.3 Å². The van der Waals surface area contributed by atoms with Gasteiger partial charge < -0.3 is 14.5 Å². The lowest BCUT2D eigenvalue weighted by molar-refractivity contribution is -0.149. The van der Waals surface area contributed by atoms with Crippen LogP contribution in [-0.2, 0) is 16.1 Å². The average molecular weight is 538 g/mol. The molecule has 6 heteroatoms. The van der Waals surface area contributed by atoms with Gasteiger partial charge in [0.1, 0.15) is 0 Å². The molecule has 1 saturated carbocycles. The molecule has 2 aromatic carbocycles. The van der Waals surface area contributed by atoms with Crippen molar-refractivity contribution in [3.63, 3.8) is 0 Å². The summed E-state index contributed by atoms with van der Waals surface area (Å²) < 4.78 is 5.39. The number of esters is 1. The molecule has 0 bridgehead atoms. The smallest absolute Gasteiger partial charge is 0.335 e. The van der Waals surface area contributed by atoms with Crippen LogP contribution in [0.25, 0.3) is 0 Å². The molecule has 4 rings (SSSR count). The van der Waals surface area contributed by atoms with Gasteiger partial charge >= 0.3 is 5.97 Å². The molecule has 0 radical (unpaired) electrons. The lowest BCUT2D eigenvalue weighted by Crippen LogP contribution is -2.52. The fourth-order valence-corrected chi connectivity index (χ4v) is 7.01. The quantitative estimate of drug-likeness (QED) is 0.285. The highest BCUT2D eigenvalue weighted by atomic mass is 35.5. The number of rotatable bonds is 11. The summed E-state index contributed by atoms with van der Waals surface area (Å²) in [6, 6.07) is 19.1. The van der Waals surface area contributed by atoms with Gasteiger partial charge in [0.25, 0.3) is 0 Å². The van der Waals surface area contributed by atoms with Crippen LogP contribution in [0, 0.1) is 11.8 Å². The van der Waals surface area contributed by atoms with Gasteiger partial charge in [0.05, 0.1) is 19.5 Å². The first-order valence-electron chi connectivity index (χ1n) is 14.2. The van der Waals surface area contributed by atoms with E-state index in [1.807, 2.05) is 24.5 Å². The van der Waals surface area contributed by atoms with Crippen molar-refractivity contribution in [1.82, 2.24) is 9.80 Å². The fourth-order valence-electron chi connectivity index (χ4n) is 6.76. The molecule has 2 aliphatic rings. The van der Waals surface area contributed by atoms with Crippen molar-refractivity contribution in [2.45, 2.75) is 82.5 Å². The third-order valence-corrected chi connectivity index (χ3v) is 9.07. The molecule has 0 saturated heterocycles. The second-order valence-corrected chi connectivity index (χ2v) is 11.8. The number of unbranched alkanes of at least 4 members (excludes halogenated alkanes) is 1. The summed E-state index contributed by atoms with van der Waals surface area (Å²) in [6.07, 6.45) is 10.2. The van der Waals surface area contributed by atoms with Crippen molar-refractivity contribution in [3.05, 3.63) is 70.7 Å². The first kappa shape index (κ1) is 28.6. The van der Waals surface area contributed by atoms with Crippen LogP contribution < -0.4 is 0 Å². The molecule has 0 spiro atoms. The minimum atomic E-state index is -0.819. The minimum Gasteiger partial charge on any atom is -0.467 e. The summed E-state index contributed by atoms with van der Waals surface area (Å²) in [4.78, 5) is 22.9. The maximum Gasteiger partial charge on any atom is 0.335 e. The van der Waals surface area contributed by atoms with Crippen LogP contribution in [0.4, 0.5) is 0 Å². The number of hydrogen-bond acceptors (Lipinski definition) is 5. The monoisotopic (exact) mass is 537 g/mol. The van der Waals surface area contributed by atoms with Crippen molar-refractivity contribution in [2.24, 2.45) is 16.8 Å². The van der Waals surface area contributed by atoms with Crippen molar-refractivity contribution in [2.75, 3.05) is 21.2 Å². The normalized spacial score (nSPS) is 26.1. The molecule has 3 atom stereocenters. The predicted molar refractivity (Wildman–Crippen MR) is 156 cm³/mol. The second kappa shape index (κ2) is 13.1. The first-order valence-corrected chi connectivity index (χ1v) is 14.6. The van der Waals surface area contributed by atoms with Gasteiger partial charge in [-0.15, -0.1) is 0 Å². The first-order chi connectivity index (χ1) is 18.4. The van der Waals surface area contributed by atoms with E-state index in [2.05, 4.69) is 67.2 Å². The zero-order chi connectivity index (χ0) is 27.1. The van der Waals surface area contributed by atoms with Crippen LogP contribution in [0.3, 0.4) is 0 Å². The lowest BCUT2D eigenvalue weighted by atomic mass is 9.72. The van der Waals surface area contributed by atoms with E-state index in [0.29, 0.717) is 17.9 Å². The Hall–Kier alpha value is -2.37. The van der Waals surface area contributed by atoms with E-state index in [1.54, 1.807) is 0 Å². The summed E-state index contributed by atoms with van der Waals surface area (Å²) in [5.74, 6) is 0.922. The number of aliphatic imine (C=N–C) groups is 1. The third-order valence-electron chi connectivity index (χ3n) is 8.72. The van der Waals surface area contributed by atoms with Gasteiger partial charge in [-0.3, -0.25) is 4.99 Å². The molecule has 0 aromatic heterocycles. The maximum atomic E-state index is 13.3. The SMILES string of the molecule is CCCCC1(C(=O)OC)N=CN(Cc2ccccc2)C1CC1CCC(C(c2ccccc2Cl)N(C)C)CC1. The zero-order valence-corrected chi connectivity index (χ0v) is 24.2. The summed E-state index contributed by atoms with van der Waals surface area (Å²) in [5.41, 5.74) is 1.64. The van der Waals surface area contributed by atoms with Gasteiger partial charge in [-0.25, -0.2) is 4.79 Å². The van der Waals surface area contributed by atoms with E-state index in [9.17, 15) is 4.79 Å². The molecule has 1 aliphatic carbocycles. The van der Waals surface area contributed by atoms with Gasteiger partial charge in [0.15, 0.2) is 5.54 Å². The van der Waals surface area contributed by atoms with Crippen LogP contribution in [0.5, 0.6) is 0 Å². The molecule has 0 N–H and O–H groups in total. The summed E-state index contributed by atoms with van der Waals surface area (Å²) >= 11 is 6.63. The van der Waals surface area contributed by atoms with E-state index >= 15 is 0 Å². The molecular formula is C32H44ClN3O2. The number of ether oxygens (including phenoxy) is 1. The highest BCUT2D eigenvalue weighted by molar-refractivity contribution is 6.31. The van der Waals surface area contributed by atoms with E-state index in [-0.39, 0.29) is 12.0 Å². The van der Waals surface area contributed by atoms with Crippen molar-refractivity contribution >= 4 is 23.9 Å². The number of methoxy groups -OCH3 is 1. The fraction of sp³-hybridized carbons (Fsp3) is 0.562. The Morgan fingerprint density at radius 3 is 2.42 bits per heavy atom. The topological polar surface area (TPSA) is 45.1 Å². The Kier molecular flexibility index (Phi) is 9.89. The number of carbonyl (C=O) groups is 1.